The first-order chi connectivity index (χ1) is 16.0. The lowest BCUT2D eigenvalue weighted by molar-refractivity contribution is 0.590. The van der Waals surface area contributed by atoms with Crippen LogP contribution in [0.25, 0.3) is 38.6 Å². The van der Waals surface area contributed by atoms with Crippen LogP contribution in [0.15, 0.2) is 89.4 Å². The maximum Gasteiger partial charge on any atom is 0.0541 e. The summed E-state index contributed by atoms with van der Waals surface area (Å²) in [7, 11) is 0. The molecule has 0 spiro atoms. The van der Waals surface area contributed by atoms with E-state index in [0.717, 1.165) is 4.47 Å². The number of aromatic nitrogens is 1. The van der Waals surface area contributed by atoms with Crippen molar-refractivity contribution >= 4 is 37.7 Å². The third-order valence-electron chi connectivity index (χ3n) is 6.79. The van der Waals surface area contributed by atoms with Crippen molar-refractivity contribution in [3.05, 3.63) is 101 Å². The molecule has 0 fully saturated rings. The van der Waals surface area contributed by atoms with Crippen LogP contribution in [-0.4, -0.2) is 4.57 Å². The Labute approximate surface area is 211 Å². The van der Waals surface area contributed by atoms with Crippen LogP contribution in [0.5, 0.6) is 0 Å². The predicted octanol–water partition coefficient (Wildman–Crippen LogP) is 9.81. The molecule has 1 heterocycles. The highest BCUT2D eigenvalue weighted by atomic mass is 79.9. The van der Waals surface area contributed by atoms with Gasteiger partial charge < -0.3 is 4.57 Å². The molecule has 172 valence electrons. The number of benzene rings is 4. The van der Waals surface area contributed by atoms with Crippen LogP contribution in [0.2, 0.25) is 0 Å². The third kappa shape index (κ3) is 3.99. The van der Waals surface area contributed by atoms with Crippen molar-refractivity contribution in [2.75, 3.05) is 0 Å². The molecule has 0 N–H and O–H groups in total. The van der Waals surface area contributed by atoms with Crippen molar-refractivity contribution in [1.82, 2.24) is 4.57 Å². The molecule has 4 aromatic carbocycles. The van der Waals surface area contributed by atoms with E-state index in [2.05, 4.69) is 147 Å². The summed E-state index contributed by atoms with van der Waals surface area (Å²) in [5, 5.41) is 2.63. The Hall–Kier alpha value is -2.84. The van der Waals surface area contributed by atoms with Crippen LogP contribution in [0.1, 0.15) is 52.7 Å². The number of hydrogen-bond acceptors (Lipinski definition) is 0. The summed E-state index contributed by atoms with van der Waals surface area (Å²) in [4.78, 5) is 0. The van der Waals surface area contributed by atoms with Gasteiger partial charge in [0.2, 0.25) is 0 Å². The molecule has 0 aliphatic carbocycles. The van der Waals surface area contributed by atoms with Crippen LogP contribution in [0.3, 0.4) is 0 Å². The van der Waals surface area contributed by atoms with E-state index < -0.39 is 0 Å². The summed E-state index contributed by atoms with van der Waals surface area (Å²) in [6, 6.07) is 31.3. The van der Waals surface area contributed by atoms with E-state index >= 15 is 0 Å². The maximum absolute atomic E-state index is 3.78. The molecule has 1 nitrogen and oxygen atoms in total. The summed E-state index contributed by atoms with van der Waals surface area (Å²) in [5.74, 6) is 0. The molecule has 0 unspecified atom stereocenters. The smallest absolute Gasteiger partial charge is 0.0541 e. The van der Waals surface area contributed by atoms with Gasteiger partial charge in [-0.1, -0.05) is 99.9 Å². The van der Waals surface area contributed by atoms with E-state index in [-0.39, 0.29) is 10.8 Å². The summed E-state index contributed by atoms with van der Waals surface area (Å²) in [6.07, 6.45) is 0. The van der Waals surface area contributed by atoms with Gasteiger partial charge in [0.25, 0.3) is 0 Å². The van der Waals surface area contributed by atoms with E-state index in [1.807, 2.05) is 0 Å². The largest absolute Gasteiger partial charge is 0.309 e. The second-order valence-corrected chi connectivity index (χ2v) is 12.2. The molecule has 34 heavy (non-hydrogen) atoms. The quantitative estimate of drug-likeness (QED) is 0.223. The van der Waals surface area contributed by atoms with E-state index in [4.69, 9.17) is 0 Å². The van der Waals surface area contributed by atoms with Crippen LogP contribution in [-0.2, 0) is 10.8 Å². The van der Waals surface area contributed by atoms with Gasteiger partial charge in [0.05, 0.1) is 11.0 Å². The van der Waals surface area contributed by atoms with Crippen molar-refractivity contribution in [2.24, 2.45) is 0 Å². The zero-order valence-electron chi connectivity index (χ0n) is 20.9. The highest BCUT2D eigenvalue weighted by Gasteiger charge is 2.21. The molecule has 0 radical (unpaired) electrons. The fraction of sp³-hybridized carbons (Fsp3) is 0.250. The van der Waals surface area contributed by atoms with Gasteiger partial charge in [-0.15, -0.1) is 0 Å². The highest BCUT2D eigenvalue weighted by molar-refractivity contribution is 9.10. The molecule has 0 bridgehead atoms. The number of hydrogen-bond donors (Lipinski definition) is 0. The molecule has 0 atom stereocenters. The molecule has 1 aromatic heterocycles. The van der Waals surface area contributed by atoms with Crippen LogP contribution < -0.4 is 0 Å². The van der Waals surface area contributed by atoms with Gasteiger partial charge in [-0.25, -0.2) is 0 Å². The number of rotatable bonds is 2. The predicted molar refractivity (Wildman–Crippen MR) is 151 cm³/mol. The lowest BCUT2D eigenvalue weighted by atomic mass is 9.85. The molecule has 5 rings (SSSR count). The zero-order valence-corrected chi connectivity index (χ0v) is 22.5. The zero-order chi connectivity index (χ0) is 24.3. The monoisotopic (exact) mass is 509 g/mol. The van der Waals surface area contributed by atoms with Crippen molar-refractivity contribution in [3.63, 3.8) is 0 Å². The molecule has 0 aliphatic rings. The molecular weight excluding hydrogens is 478 g/mol. The van der Waals surface area contributed by atoms with Crippen LogP contribution >= 0.6 is 15.9 Å². The molecule has 0 aliphatic heterocycles. The summed E-state index contributed by atoms with van der Waals surface area (Å²) in [5.41, 5.74) is 9.00. The maximum atomic E-state index is 3.78. The van der Waals surface area contributed by atoms with Gasteiger partial charge in [0.1, 0.15) is 0 Å². The second kappa shape index (κ2) is 8.13. The van der Waals surface area contributed by atoms with Gasteiger partial charge in [-0.05, 0) is 75.5 Å². The molecule has 0 saturated carbocycles. The summed E-state index contributed by atoms with van der Waals surface area (Å²) >= 11 is 3.78. The minimum atomic E-state index is 0.0995. The Morgan fingerprint density at radius 2 is 1.12 bits per heavy atom. The van der Waals surface area contributed by atoms with Gasteiger partial charge >= 0.3 is 0 Å². The van der Waals surface area contributed by atoms with Crippen molar-refractivity contribution in [1.29, 1.82) is 0 Å². The molecular formula is C32H32BrN. The van der Waals surface area contributed by atoms with Gasteiger partial charge in [-0.2, -0.15) is 0 Å². The van der Waals surface area contributed by atoms with Gasteiger partial charge in [0.15, 0.2) is 0 Å². The summed E-state index contributed by atoms with van der Waals surface area (Å²) < 4.78 is 3.52. The van der Waals surface area contributed by atoms with E-state index in [1.54, 1.807) is 0 Å². The fourth-order valence-corrected chi connectivity index (χ4v) is 5.20. The SMILES string of the molecule is CC(C)(C)c1ccc2c(c1)c1cc(C(C)(C)C)ccc1n2-c1ccc(Br)c(-c2ccccc2)c1. The average Bonchev–Trinajstić information content (AvgIpc) is 3.12. The normalized spacial score (nSPS) is 12.6. The highest BCUT2D eigenvalue weighted by Crippen LogP contribution is 2.39. The second-order valence-electron chi connectivity index (χ2n) is 11.3. The Bertz CT molecular complexity index is 1440. The van der Waals surface area contributed by atoms with Gasteiger partial charge in [-0.3, -0.25) is 0 Å². The Balaban J connectivity index is 1.84. The lowest BCUT2D eigenvalue weighted by Gasteiger charge is -2.19. The summed E-state index contributed by atoms with van der Waals surface area (Å²) in [6.45, 7) is 13.7. The van der Waals surface area contributed by atoms with Gasteiger partial charge in [0, 0.05) is 20.9 Å². The van der Waals surface area contributed by atoms with E-state index in [1.165, 1.54) is 49.7 Å². The first-order valence-electron chi connectivity index (χ1n) is 12.0. The molecule has 0 amide bonds. The van der Waals surface area contributed by atoms with Crippen LogP contribution in [0, 0.1) is 0 Å². The molecule has 5 aromatic rings. The average molecular weight is 511 g/mol. The van der Waals surface area contributed by atoms with Crippen molar-refractivity contribution < 1.29 is 0 Å². The minimum Gasteiger partial charge on any atom is -0.309 e. The third-order valence-corrected chi connectivity index (χ3v) is 7.48. The Kier molecular flexibility index (Phi) is 5.48. The van der Waals surface area contributed by atoms with Crippen molar-refractivity contribution in [3.8, 4) is 16.8 Å². The lowest BCUT2D eigenvalue weighted by Crippen LogP contribution is -2.10. The number of nitrogens with zero attached hydrogens (tertiary/aromatic N) is 1. The van der Waals surface area contributed by atoms with E-state index in [9.17, 15) is 0 Å². The molecule has 2 heteroatoms. The standard InChI is InChI=1S/C32H32BrN/c1-31(2,3)22-12-16-29-26(18-22)27-19-23(32(4,5)6)13-17-30(27)34(29)24-14-15-28(33)25(20-24)21-10-8-7-9-11-21/h7-20H,1-6H3. The van der Waals surface area contributed by atoms with E-state index in [0.29, 0.717) is 0 Å². The Morgan fingerprint density at radius 3 is 1.62 bits per heavy atom. The van der Waals surface area contributed by atoms with Crippen LogP contribution in [0.4, 0.5) is 0 Å². The fourth-order valence-electron chi connectivity index (χ4n) is 4.73. The molecule has 0 saturated heterocycles. The minimum absolute atomic E-state index is 0.0995. The first-order valence-corrected chi connectivity index (χ1v) is 12.8. The number of fused-ring (bicyclic) bond motifs is 3. The Morgan fingerprint density at radius 1 is 0.588 bits per heavy atom. The van der Waals surface area contributed by atoms with Crippen molar-refractivity contribution in [2.45, 2.75) is 52.4 Å². The first kappa shape index (κ1) is 22.9. The number of halogens is 1. The topological polar surface area (TPSA) is 4.93 Å².